The average Bonchev–Trinajstić information content (AvgIpc) is 3.49. The molecule has 4 aromatic rings. The monoisotopic (exact) mass is 435 g/mol. The maximum atomic E-state index is 14.5. The molecule has 0 spiro atoms. The van der Waals surface area contributed by atoms with Crippen molar-refractivity contribution in [2.75, 3.05) is 0 Å². The molecule has 0 aliphatic carbocycles. The van der Waals surface area contributed by atoms with Crippen LogP contribution in [0.25, 0.3) is 11.4 Å². The Hall–Kier alpha value is -4.04. The van der Waals surface area contributed by atoms with E-state index < -0.39 is 11.6 Å². The van der Waals surface area contributed by atoms with Gasteiger partial charge in [-0.15, -0.1) is 0 Å². The highest BCUT2D eigenvalue weighted by Crippen LogP contribution is 2.25. The first-order valence-corrected chi connectivity index (χ1v) is 9.82. The van der Waals surface area contributed by atoms with E-state index in [0.717, 1.165) is 6.07 Å². The van der Waals surface area contributed by atoms with Gasteiger partial charge in [-0.3, -0.25) is 9.78 Å². The Kier molecular flexibility index (Phi) is 6.23. The van der Waals surface area contributed by atoms with Gasteiger partial charge < -0.3 is 5.32 Å². The summed E-state index contributed by atoms with van der Waals surface area (Å²) in [6.45, 7) is 2.61. The fourth-order valence-electron chi connectivity index (χ4n) is 3.35. The van der Waals surface area contributed by atoms with Crippen molar-refractivity contribution >= 4 is 0 Å². The second kappa shape index (κ2) is 9.40. The Labute approximate surface area is 182 Å². The first-order chi connectivity index (χ1) is 15.5. The van der Waals surface area contributed by atoms with Crippen molar-refractivity contribution in [2.24, 2.45) is 0 Å². The molecule has 0 aliphatic rings. The number of aromatic nitrogens is 7. The van der Waals surface area contributed by atoms with Crippen LogP contribution in [0.2, 0.25) is 0 Å². The highest BCUT2D eigenvalue weighted by Gasteiger charge is 2.24. The number of hydrogen-bond acceptors (Lipinski definition) is 7. The lowest BCUT2D eigenvalue weighted by molar-refractivity contribution is 0.384. The van der Waals surface area contributed by atoms with Gasteiger partial charge in [-0.1, -0.05) is 6.07 Å². The van der Waals surface area contributed by atoms with Crippen molar-refractivity contribution < 1.29 is 8.78 Å². The van der Waals surface area contributed by atoms with Gasteiger partial charge in [0.25, 0.3) is 0 Å². The SMILES string of the molecule is CC(NCc1nc(-c2ccc(C#N)nc2)n[nH]1)C(Cn1cncn1)c1ccc(F)cc1F. The summed E-state index contributed by atoms with van der Waals surface area (Å²) in [6, 6.07) is 8.64. The molecular weight excluding hydrogens is 416 g/mol. The minimum absolute atomic E-state index is 0.218. The number of nitrogens with zero attached hydrogens (tertiary/aromatic N) is 7. The molecule has 0 fully saturated rings. The van der Waals surface area contributed by atoms with E-state index in [1.807, 2.05) is 13.0 Å². The number of nitriles is 1. The summed E-state index contributed by atoms with van der Waals surface area (Å²) in [5.74, 6) is -0.551. The number of aromatic amines is 1. The molecule has 3 heterocycles. The van der Waals surface area contributed by atoms with Gasteiger partial charge in [0.2, 0.25) is 0 Å². The van der Waals surface area contributed by atoms with E-state index >= 15 is 0 Å². The van der Waals surface area contributed by atoms with Crippen molar-refractivity contribution in [3.63, 3.8) is 0 Å². The zero-order valence-corrected chi connectivity index (χ0v) is 17.1. The zero-order valence-electron chi connectivity index (χ0n) is 17.1. The van der Waals surface area contributed by atoms with E-state index in [1.165, 1.54) is 24.7 Å². The number of H-pyrrole nitrogens is 1. The highest BCUT2D eigenvalue weighted by molar-refractivity contribution is 5.53. The summed E-state index contributed by atoms with van der Waals surface area (Å²) in [6.07, 6.45) is 4.49. The third kappa shape index (κ3) is 4.81. The molecule has 0 amide bonds. The van der Waals surface area contributed by atoms with Crippen molar-refractivity contribution in [2.45, 2.75) is 32.0 Å². The molecule has 11 heteroatoms. The fourth-order valence-corrected chi connectivity index (χ4v) is 3.35. The molecule has 32 heavy (non-hydrogen) atoms. The average molecular weight is 435 g/mol. The quantitative estimate of drug-likeness (QED) is 0.436. The van der Waals surface area contributed by atoms with Crippen LogP contribution in [0.5, 0.6) is 0 Å². The lowest BCUT2D eigenvalue weighted by Gasteiger charge is -2.25. The Morgan fingerprint density at radius 3 is 2.81 bits per heavy atom. The summed E-state index contributed by atoms with van der Waals surface area (Å²) in [5, 5.41) is 23.3. The molecule has 4 rings (SSSR count). The number of rotatable bonds is 8. The smallest absolute Gasteiger partial charge is 0.182 e. The summed E-state index contributed by atoms with van der Waals surface area (Å²) < 4.78 is 29.6. The van der Waals surface area contributed by atoms with Crippen LogP contribution in [0.15, 0.2) is 49.2 Å². The van der Waals surface area contributed by atoms with E-state index in [4.69, 9.17) is 5.26 Å². The first-order valence-electron chi connectivity index (χ1n) is 9.82. The largest absolute Gasteiger partial charge is 0.307 e. The predicted octanol–water partition coefficient (Wildman–Crippen LogP) is 2.57. The van der Waals surface area contributed by atoms with E-state index in [2.05, 4.69) is 35.6 Å². The van der Waals surface area contributed by atoms with Crippen molar-refractivity contribution in [3.8, 4) is 17.5 Å². The fraction of sp³-hybridized carbons (Fsp3) is 0.238. The van der Waals surface area contributed by atoms with Gasteiger partial charge in [0.05, 0.1) is 13.1 Å². The van der Waals surface area contributed by atoms with Gasteiger partial charge in [0, 0.05) is 29.8 Å². The van der Waals surface area contributed by atoms with Crippen LogP contribution in [-0.2, 0) is 13.1 Å². The minimum Gasteiger partial charge on any atom is -0.307 e. The van der Waals surface area contributed by atoms with Crippen LogP contribution in [0.3, 0.4) is 0 Å². The lowest BCUT2D eigenvalue weighted by atomic mass is 9.91. The van der Waals surface area contributed by atoms with Gasteiger partial charge in [-0.2, -0.15) is 15.5 Å². The van der Waals surface area contributed by atoms with Crippen LogP contribution in [0, 0.1) is 23.0 Å². The van der Waals surface area contributed by atoms with E-state index in [0.29, 0.717) is 41.6 Å². The van der Waals surface area contributed by atoms with Gasteiger partial charge in [0.15, 0.2) is 5.82 Å². The molecular formula is C21H19F2N9. The van der Waals surface area contributed by atoms with Crippen molar-refractivity contribution in [1.29, 1.82) is 5.26 Å². The molecule has 162 valence electrons. The molecule has 0 saturated carbocycles. The second-order valence-electron chi connectivity index (χ2n) is 7.21. The van der Waals surface area contributed by atoms with Crippen LogP contribution in [-0.4, -0.2) is 41.0 Å². The van der Waals surface area contributed by atoms with Crippen LogP contribution in [0.1, 0.15) is 29.9 Å². The molecule has 0 radical (unpaired) electrons. The van der Waals surface area contributed by atoms with Crippen LogP contribution >= 0.6 is 0 Å². The summed E-state index contributed by atoms with van der Waals surface area (Å²) >= 11 is 0. The van der Waals surface area contributed by atoms with E-state index in [-0.39, 0.29) is 12.0 Å². The summed E-state index contributed by atoms with van der Waals surface area (Å²) in [4.78, 5) is 12.4. The number of benzene rings is 1. The summed E-state index contributed by atoms with van der Waals surface area (Å²) in [7, 11) is 0. The molecule has 3 aromatic heterocycles. The Bertz CT molecular complexity index is 1210. The zero-order chi connectivity index (χ0) is 22.5. The minimum atomic E-state index is -0.627. The van der Waals surface area contributed by atoms with Gasteiger partial charge >= 0.3 is 0 Å². The second-order valence-corrected chi connectivity index (χ2v) is 7.21. The van der Waals surface area contributed by atoms with Crippen LogP contribution in [0.4, 0.5) is 8.78 Å². The molecule has 0 aliphatic heterocycles. The predicted molar refractivity (Wildman–Crippen MR) is 110 cm³/mol. The van der Waals surface area contributed by atoms with E-state index in [1.54, 1.807) is 23.1 Å². The molecule has 0 saturated heterocycles. The van der Waals surface area contributed by atoms with Gasteiger partial charge in [-0.05, 0) is 30.7 Å². The molecule has 1 aromatic carbocycles. The highest BCUT2D eigenvalue weighted by atomic mass is 19.1. The van der Waals surface area contributed by atoms with Crippen LogP contribution < -0.4 is 5.32 Å². The molecule has 9 nitrogen and oxygen atoms in total. The Balaban J connectivity index is 1.48. The first kappa shape index (κ1) is 21.2. The van der Waals surface area contributed by atoms with Gasteiger partial charge in [0.1, 0.15) is 41.9 Å². The lowest BCUT2D eigenvalue weighted by Crippen LogP contribution is -2.35. The third-order valence-corrected chi connectivity index (χ3v) is 5.08. The van der Waals surface area contributed by atoms with Crippen molar-refractivity contribution in [1.82, 2.24) is 40.2 Å². The Morgan fingerprint density at radius 2 is 2.12 bits per heavy atom. The summed E-state index contributed by atoms with van der Waals surface area (Å²) in [5.41, 5.74) is 1.37. The maximum Gasteiger partial charge on any atom is 0.182 e. The number of pyridine rings is 1. The standard InChI is InChI=1S/C21H19F2N9/c1-13(18(10-32-12-25-11-28-32)17-5-3-15(22)6-19(17)23)26-9-20-29-21(31-30-20)14-2-4-16(7-24)27-8-14/h2-6,8,11-13,18,26H,9-10H2,1H3,(H,29,30,31). The normalized spacial score (nSPS) is 12.9. The number of halogens is 2. The Morgan fingerprint density at radius 1 is 1.25 bits per heavy atom. The molecule has 2 N–H and O–H groups in total. The molecule has 2 atom stereocenters. The van der Waals surface area contributed by atoms with E-state index in [9.17, 15) is 8.78 Å². The number of nitrogens with one attached hydrogen (secondary N) is 2. The maximum absolute atomic E-state index is 14.5. The number of hydrogen-bond donors (Lipinski definition) is 2. The molecule has 0 bridgehead atoms. The van der Waals surface area contributed by atoms with Crippen molar-refractivity contribution in [3.05, 3.63) is 77.9 Å². The van der Waals surface area contributed by atoms with Gasteiger partial charge in [-0.25, -0.2) is 23.7 Å². The topological polar surface area (TPSA) is 121 Å². The third-order valence-electron chi connectivity index (χ3n) is 5.08. The molecule has 2 unspecified atom stereocenters.